The maximum Gasteiger partial charge on any atom is 0.254 e. The second-order valence-corrected chi connectivity index (χ2v) is 5.73. The summed E-state index contributed by atoms with van der Waals surface area (Å²) in [5.41, 5.74) is 0.517. The zero-order valence-electron chi connectivity index (χ0n) is 13.8. The van der Waals surface area contributed by atoms with E-state index >= 15 is 0 Å². The lowest BCUT2D eigenvalue weighted by molar-refractivity contribution is 0.0302. The summed E-state index contributed by atoms with van der Waals surface area (Å²) >= 11 is 6.33. The monoisotopic (exact) mass is 341 g/mol. The molecule has 0 N–H and O–H groups in total. The fourth-order valence-corrected chi connectivity index (χ4v) is 2.63. The van der Waals surface area contributed by atoms with Crippen molar-refractivity contribution in [3.05, 3.63) is 22.7 Å². The van der Waals surface area contributed by atoms with Crippen molar-refractivity contribution in [3.63, 3.8) is 0 Å². The van der Waals surface area contributed by atoms with Crippen molar-refractivity contribution in [1.82, 2.24) is 4.90 Å². The molecule has 1 saturated heterocycles. The zero-order chi connectivity index (χ0) is 16.7. The summed E-state index contributed by atoms with van der Waals surface area (Å²) in [7, 11) is 0. The number of carbonyl (C=O) groups is 1. The van der Waals surface area contributed by atoms with Crippen LogP contribution in [0.15, 0.2) is 12.1 Å². The summed E-state index contributed by atoms with van der Waals surface area (Å²) in [6, 6.07) is 3.37. The SMILES string of the molecule is CCCCOc1c(Cl)cc(C(=O)N2CCOCC2)cc1OCC. The highest BCUT2D eigenvalue weighted by atomic mass is 35.5. The first-order valence-corrected chi connectivity index (χ1v) is 8.51. The van der Waals surface area contributed by atoms with E-state index in [-0.39, 0.29) is 5.91 Å². The highest BCUT2D eigenvalue weighted by molar-refractivity contribution is 6.32. The van der Waals surface area contributed by atoms with E-state index in [9.17, 15) is 4.79 Å². The Morgan fingerprint density at radius 1 is 1.26 bits per heavy atom. The number of amides is 1. The maximum atomic E-state index is 12.6. The molecule has 0 unspecified atom stereocenters. The van der Waals surface area contributed by atoms with E-state index in [4.69, 9.17) is 25.8 Å². The summed E-state index contributed by atoms with van der Waals surface area (Å²) in [5, 5.41) is 0.406. The van der Waals surface area contributed by atoms with Crippen molar-refractivity contribution < 1.29 is 19.0 Å². The molecule has 128 valence electrons. The Labute approximate surface area is 142 Å². The Kier molecular flexibility index (Phi) is 6.99. The van der Waals surface area contributed by atoms with Crippen molar-refractivity contribution in [2.75, 3.05) is 39.5 Å². The van der Waals surface area contributed by atoms with Crippen LogP contribution in [0.1, 0.15) is 37.0 Å². The first-order valence-electron chi connectivity index (χ1n) is 8.13. The van der Waals surface area contributed by atoms with E-state index in [0.29, 0.717) is 61.6 Å². The summed E-state index contributed by atoms with van der Waals surface area (Å²) in [6.45, 7) is 7.36. The van der Waals surface area contributed by atoms with E-state index in [1.165, 1.54) is 0 Å². The number of rotatable bonds is 7. The van der Waals surface area contributed by atoms with Crippen LogP contribution in [-0.4, -0.2) is 50.3 Å². The van der Waals surface area contributed by atoms with Gasteiger partial charge in [0.05, 0.1) is 31.5 Å². The van der Waals surface area contributed by atoms with E-state index in [1.54, 1.807) is 17.0 Å². The molecule has 0 bridgehead atoms. The van der Waals surface area contributed by atoms with Gasteiger partial charge in [-0.15, -0.1) is 0 Å². The van der Waals surface area contributed by atoms with Gasteiger partial charge in [-0.25, -0.2) is 0 Å². The minimum atomic E-state index is -0.0590. The molecule has 5 nitrogen and oxygen atoms in total. The van der Waals surface area contributed by atoms with Crippen molar-refractivity contribution in [1.29, 1.82) is 0 Å². The number of benzene rings is 1. The molecule has 1 aromatic rings. The van der Waals surface area contributed by atoms with E-state index in [2.05, 4.69) is 6.92 Å². The second kappa shape index (κ2) is 8.99. The summed E-state index contributed by atoms with van der Waals surface area (Å²) in [4.78, 5) is 14.4. The molecule has 23 heavy (non-hydrogen) atoms. The van der Waals surface area contributed by atoms with Crippen molar-refractivity contribution in [3.8, 4) is 11.5 Å². The third-order valence-electron chi connectivity index (χ3n) is 3.60. The van der Waals surface area contributed by atoms with Crippen LogP contribution in [-0.2, 0) is 4.74 Å². The minimum Gasteiger partial charge on any atom is -0.490 e. The van der Waals surface area contributed by atoms with Gasteiger partial charge >= 0.3 is 0 Å². The Morgan fingerprint density at radius 2 is 2.00 bits per heavy atom. The molecule has 1 aromatic carbocycles. The van der Waals surface area contributed by atoms with E-state index in [0.717, 1.165) is 12.8 Å². The van der Waals surface area contributed by atoms with Gasteiger partial charge in [0, 0.05) is 18.7 Å². The van der Waals surface area contributed by atoms with Crippen LogP contribution in [0.25, 0.3) is 0 Å². The molecular weight excluding hydrogens is 318 g/mol. The molecule has 1 heterocycles. The minimum absolute atomic E-state index is 0.0590. The summed E-state index contributed by atoms with van der Waals surface area (Å²) < 4.78 is 16.6. The molecule has 0 atom stereocenters. The average Bonchev–Trinajstić information content (AvgIpc) is 2.57. The van der Waals surface area contributed by atoms with Crippen LogP contribution in [0, 0.1) is 0 Å². The lowest BCUT2D eigenvalue weighted by Gasteiger charge is -2.27. The molecular formula is C17H24ClNO4. The lowest BCUT2D eigenvalue weighted by Crippen LogP contribution is -2.40. The fraction of sp³-hybridized carbons (Fsp3) is 0.588. The Balaban J connectivity index is 2.21. The molecule has 0 radical (unpaired) electrons. The standard InChI is InChI=1S/C17H24ClNO4/c1-3-5-8-23-16-14(18)11-13(12-15(16)22-4-2)17(20)19-6-9-21-10-7-19/h11-12H,3-10H2,1-2H3. The first kappa shape index (κ1) is 17.9. The van der Waals surface area contributed by atoms with Gasteiger partial charge in [-0.1, -0.05) is 24.9 Å². The number of nitrogens with zero attached hydrogens (tertiary/aromatic N) is 1. The highest BCUT2D eigenvalue weighted by Gasteiger charge is 2.22. The third-order valence-corrected chi connectivity index (χ3v) is 3.88. The number of ether oxygens (including phenoxy) is 3. The fourth-order valence-electron chi connectivity index (χ4n) is 2.36. The van der Waals surface area contributed by atoms with Gasteiger partial charge in [0.25, 0.3) is 5.91 Å². The third kappa shape index (κ3) is 4.75. The number of carbonyl (C=O) groups excluding carboxylic acids is 1. The van der Waals surface area contributed by atoms with Crippen LogP contribution in [0.4, 0.5) is 0 Å². The summed E-state index contributed by atoms with van der Waals surface area (Å²) in [6.07, 6.45) is 1.98. The smallest absolute Gasteiger partial charge is 0.254 e. The first-order chi connectivity index (χ1) is 11.2. The predicted molar refractivity (Wildman–Crippen MR) is 89.7 cm³/mol. The van der Waals surface area contributed by atoms with Crippen molar-refractivity contribution in [2.24, 2.45) is 0 Å². The Morgan fingerprint density at radius 3 is 2.65 bits per heavy atom. The number of morpholine rings is 1. The Hall–Kier alpha value is -1.46. The normalized spacial score (nSPS) is 14.7. The largest absolute Gasteiger partial charge is 0.490 e. The summed E-state index contributed by atoms with van der Waals surface area (Å²) in [5.74, 6) is 0.976. The van der Waals surface area contributed by atoms with E-state index < -0.39 is 0 Å². The number of halogens is 1. The topological polar surface area (TPSA) is 48.0 Å². The van der Waals surface area contributed by atoms with Gasteiger partial charge in [-0.3, -0.25) is 4.79 Å². The quantitative estimate of drug-likeness (QED) is 0.713. The van der Waals surface area contributed by atoms with Gasteiger partial charge < -0.3 is 19.1 Å². The zero-order valence-corrected chi connectivity index (χ0v) is 14.5. The van der Waals surface area contributed by atoms with Crippen LogP contribution in [0.5, 0.6) is 11.5 Å². The molecule has 1 aliphatic rings. The van der Waals surface area contributed by atoms with E-state index in [1.807, 2.05) is 6.92 Å². The lowest BCUT2D eigenvalue weighted by atomic mass is 10.1. The van der Waals surface area contributed by atoms with Gasteiger partial charge in [-0.05, 0) is 25.5 Å². The average molecular weight is 342 g/mol. The van der Waals surface area contributed by atoms with Crippen molar-refractivity contribution in [2.45, 2.75) is 26.7 Å². The van der Waals surface area contributed by atoms with Gasteiger partial charge in [0.15, 0.2) is 11.5 Å². The van der Waals surface area contributed by atoms with Gasteiger partial charge in [-0.2, -0.15) is 0 Å². The predicted octanol–water partition coefficient (Wildman–Crippen LogP) is 3.39. The van der Waals surface area contributed by atoms with Gasteiger partial charge in [0.1, 0.15) is 0 Å². The number of hydrogen-bond donors (Lipinski definition) is 0. The second-order valence-electron chi connectivity index (χ2n) is 5.32. The molecule has 0 aliphatic carbocycles. The van der Waals surface area contributed by atoms with Crippen LogP contribution in [0.3, 0.4) is 0 Å². The number of unbranched alkanes of at least 4 members (excludes halogenated alkanes) is 1. The van der Waals surface area contributed by atoms with Crippen LogP contribution >= 0.6 is 11.6 Å². The molecule has 6 heteroatoms. The number of hydrogen-bond acceptors (Lipinski definition) is 4. The maximum absolute atomic E-state index is 12.6. The van der Waals surface area contributed by atoms with Crippen molar-refractivity contribution >= 4 is 17.5 Å². The molecule has 0 aromatic heterocycles. The van der Waals surface area contributed by atoms with Crippen LogP contribution in [0.2, 0.25) is 5.02 Å². The highest BCUT2D eigenvalue weighted by Crippen LogP contribution is 2.37. The molecule has 0 spiro atoms. The molecule has 1 fully saturated rings. The Bertz CT molecular complexity index is 530. The molecule has 2 rings (SSSR count). The molecule has 0 saturated carbocycles. The molecule has 1 aliphatic heterocycles. The molecule has 1 amide bonds. The van der Waals surface area contributed by atoms with Gasteiger partial charge in [0.2, 0.25) is 0 Å². The van der Waals surface area contributed by atoms with Crippen LogP contribution < -0.4 is 9.47 Å².